The lowest BCUT2D eigenvalue weighted by Crippen LogP contribution is -2.23. The van der Waals surface area contributed by atoms with Crippen LogP contribution in [0.5, 0.6) is 0 Å². The van der Waals surface area contributed by atoms with Crippen molar-refractivity contribution in [2.24, 2.45) is 5.92 Å². The van der Waals surface area contributed by atoms with E-state index in [1.165, 1.54) is 4.90 Å². The number of hydrogen-bond donors (Lipinski definition) is 1. The summed E-state index contributed by atoms with van der Waals surface area (Å²) in [6.07, 6.45) is 2.48. The second kappa shape index (κ2) is 5.57. The SMILES string of the molecule is CC(CCC(=O)O)CN(C)[C]=O. The second-order valence-electron chi connectivity index (χ2n) is 3.01. The first-order chi connectivity index (χ1) is 5.56. The third-order valence-corrected chi connectivity index (χ3v) is 1.59. The number of carboxylic acid groups (broad SMARTS) is 1. The summed E-state index contributed by atoms with van der Waals surface area (Å²) in [4.78, 5) is 21.6. The zero-order chi connectivity index (χ0) is 9.56. The Kier molecular flexibility index (Phi) is 5.08. The van der Waals surface area contributed by atoms with Crippen LogP contribution in [0.2, 0.25) is 0 Å². The second-order valence-corrected chi connectivity index (χ2v) is 3.01. The van der Waals surface area contributed by atoms with Crippen LogP contribution in [-0.2, 0) is 9.59 Å². The van der Waals surface area contributed by atoms with Crippen molar-refractivity contribution in [3.05, 3.63) is 0 Å². The first-order valence-electron chi connectivity index (χ1n) is 3.87. The molecule has 1 amide bonds. The van der Waals surface area contributed by atoms with Gasteiger partial charge in [-0.2, -0.15) is 0 Å². The summed E-state index contributed by atoms with van der Waals surface area (Å²) < 4.78 is 0. The van der Waals surface area contributed by atoms with Crippen molar-refractivity contribution in [2.75, 3.05) is 13.6 Å². The van der Waals surface area contributed by atoms with Gasteiger partial charge in [-0.25, -0.2) is 0 Å². The molecule has 69 valence electrons. The quantitative estimate of drug-likeness (QED) is 0.593. The summed E-state index contributed by atoms with van der Waals surface area (Å²) in [5, 5.41) is 8.36. The standard InChI is InChI=1S/C8H14NO3/c1-7(3-4-8(11)12)5-9(2)6-10/h7H,3-5H2,1-2H3,(H,11,12). The molecule has 0 bridgehead atoms. The van der Waals surface area contributed by atoms with Crippen molar-refractivity contribution in [1.82, 2.24) is 4.90 Å². The minimum Gasteiger partial charge on any atom is -0.481 e. The maximum atomic E-state index is 10.2. The van der Waals surface area contributed by atoms with Gasteiger partial charge in [-0.05, 0) is 12.3 Å². The summed E-state index contributed by atoms with van der Waals surface area (Å²) in [5.74, 6) is -0.577. The number of nitrogens with zero attached hydrogens (tertiary/aromatic N) is 1. The van der Waals surface area contributed by atoms with Gasteiger partial charge in [-0.15, -0.1) is 0 Å². The zero-order valence-electron chi connectivity index (χ0n) is 7.41. The molecule has 0 rings (SSSR count). The first-order valence-corrected chi connectivity index (χ1v) is 3.87. The molecule has 0 saturated heterocycles. The van der Waals surface area contributed by atoms with Crippen LogP contribution < -0.4 is 0 Å². The van der Waals surface area contributed by atoms with Gasteiger partial charge in [0.05, 0.1) is 0 Å². The fraction of sp³-hybridized carbons (Fsp3) is 0.750. The van der Waals surface area contributed by atoms with Crippen LogP contribution in [-0.4, -0.2) is 36.0 Å². The predicted molar refractivity (Wildman–Crippen MR) is 44.4 cm³/mol. The van der Waals surface area contributed by atoms with Gasteiger partial charge in [-0.3, -0.25) is 9.59 Å². The van der Waals surface area contributed by atoms with E-state index >= 15 is 0 Å². The lowest BCUT2D eigenvalue weighted by atomic mass is 10.1. The van der Waals surface area contributed by atoms with Crippen molar-refractivity contribution in [3.8, 4) is 0 Å². The Labute approximate surface area is 72.2 Å². The van der Waals surface area contributed by atoms with E-state index in [0.717, 1.165) is 0 Å². The molecule has 0 saturated carbocycles. The zero-order valence-corrected chi connectivity index (χ0v) is 7.41. The average Bonchev–Trinajstić information content (AvgIpc) is 2.00. The molecule has 4 nitrogen and oxygen atoms in total. The smallest absolute Gasteiger partial charge is 0.311 e. The highest BCUT2D eigenvalue weighted by molar-refractivity contribution is 5.66. The third kappa shape index (κ3) is 5.70. The van der Waals surface area contributed by atoms with Crippen molar-refractivity contribution in [1.29, 1.82) is 0 Å². The number of hydrogen-bond acceptors (Lipinski definition) is 2. The number of amides is 1. The maximum absolute atomic E-state index is 10.2. The number of carbonyl (C=O) groups excluding carboxylic acids is 1. The summed E-state index contributed by atoms with van der Waals surface area (Å²) in [6, 6.07) is 0. The molecule has 1 radical (unpaired) electrons. The number of carboxylic acids is 1. The Balaban J connectivity index is 3.51. The van der Waals surface area contributed by atoms with E-state index in [1.54, 1.807) is 13.5 Å². The van der Waals surface area contributed by atoms with E-state index in [0.29, 0.717) is 13.0 Å². The lowest BCUT2D eigenvalue weighted by Gasteiger charge is -2.14. The molecule has 1 N–H and O–H groups in total. The minimum atomic E-state index is -0.792. The van der Waals surface area contributed by atoms with Gasteiger partial charge < -0.3 is 10.0 Å². The van der Waals surface area contributed by atoms with Crippen molar-refractivity contribution in [2.45, 2.75) is 19.8 Å². The van der Waals surface area contributed by atoms with Crippen molar-refractivity contribution in [3.63, 3.8) is 0 Å². The van der Waals surface area contributed by atoms with Crippen LogP contribution in [0.1, 0.15) is 19.8 Å². The van der Waals surface area contributed by atoms with E-state index in [-0.39, 0.29) is 12.3 Å². The number of carbonyl (C=O) groups is 1. The van der Waals surface area contributed by atoms with E-state index in [2.05, 4.69) is 0 Å². The van der Waals surface area contributed by atoms with Crippen LogP contribution in [0.4, 0.5) is 0 Å². The normalized spacial score (nSPS) is 12.2. The summed E-state index contributed by atoms with van der Waals surface area (Å²) in [5.41, 5.74) is 0. The van der Waals surface area contributed by atoms with Gasteiger partial charge in [0.15, 0.2) is 0 Å². The predicted octanol–water partition coefficient (Wildman–Crippen LogP) is 0.486. The van der Waals surface area contributed by atoms with Crippen molar-refractivity contribution >= 4 is 12.4 Å². The third-order valence-electron chi connectivity index (χ3n) is 1.59. The van der Waals surface area contributed by atoms with E-state index in [1.807, 2.05) is 6.92 Å². The molecule has 0 aromatic heterocycles. The van der Waals surface area contributed by atoms with Gasteiger partial charge in [-0.1, -0.05) is 6.92 Å². The van der Waals surface area contributed by atoms with Crippen molar-refractivity contribution < 1.29 is 14.7 Å². The summed E-state index contributed by atoms with van der Waals surface area (Å²) in [6.45, 7) is 2.48. The molecule has 0 spiro atoms. The Morgan fingerprint density at radius 1 is 1.67 bits per heavy atom. The summed E-state index contributed by atoms with van der Waals surface area (Å²) >= 11 is 0. The Morgan fingerprint density at radius 3 is 2.67 bits per heavy atom. The Hall–Kier alpha value is -1.06. The molecule has 12 heavy (non-hydrogen) atoms. The molecule has 0 aliphatic carbocycles. The Morgan fingerprint density at radius 2 is 2.25 bits per heavy atom. The molecule has 0 aliphatic rings. The number of aliphatic carboxylic acids is 1. The summed E-state index contributed by atoms with van der Waals surface area (Å²) in [7, 11) is 1.63. The molecule has 0 heterocycles. The van der Waals surface area contributed by atoms with Gasteiger partial charge in [0.2, 0.25) is 0 Å². The van der Waals surface area contributed by atoms with E-state index < -0.39 is 5.97 Å². The van der Waals surface area contributed by atoms with E-state index in [4.69, 9.17) is 5.11 Å². The molecule has 1 unspecified atom stereocenters. The van der Waals surface area contributed by atoms with Crippen LogP contribution >= 0.6 is 0 Å². The molecule has 4 heteroatoms. The highest BCUT2D eigenvalue weighted by Gasteiger charge is 2.07. The molecule has 0 fully saturated rings. The molecular weight excluding hydrogens is 158 g/mol. The first kappa shape index (κ1) is 10.9. The monoisotopic (exact) mass is 172 g/mol. The van der Waals surface area contributed by atoms with Gasteiger partial charge in [0, 0.05) is 20.0 Å². The minimum absolute atomic E-state index is 0.161. The molecule has 0 aromatic carbocycles. The molecule has 1 atom stereocenters. The van der Waals surface area contributed by atoms with Crippen LogP contribution in [0, 0.1) is 5.92 Å². The van der Waals surface area contributed by atoms with E-state index in [9.17, 15) is 9.59 Å². The lowest BCUT2D eigenvalue weighted by molar-refractivity contribution is -0.137. The van der Waals surface area contributed by atoms with Gasteiger partial charge in [0.25, 0.3) is 0 Å². The molecular formula is C8H14NO3. The van der Waals surface area contributed by atoms with Crippen LogP contribution in [0.3, 0.4) is 0 Å². The van der Waals surface area contributed by atoms with Gasteiger partial charge in [0.1, 0.15) is 0 Å². The largest absolute Gasteiger partial charge is 0.481 e. The van der Waals surface area contributed by atoms with Gasteiger partial charge >= 0.3 is 12.4 Å². The maximum Gasteiger partial charge on any atom is 0.311 e. The Bertz CT molecular complexity index is 158. The highest BCUT2D eigenvalue weighted by Crippen LogP contribution is 2.05. The molecule has 0 aromatic rings. The molecule has 0 aliphatic heterocycles. The average molecular weight is 172 g/mol. The number of rotatable bonds is 6. The van der Waals surface area contributed by atoms with Crippen LogP contribution in [0.15, 0.2) is 0 Å². The topological polar surface area (TPSA) is 57.6 Å². The fourth-order valence-corrected chi connectivity index (χ4v) is 0.966. The highest BCUT2D eigenvalue weighted by atomic mass is 16.4. The fourth-order valence-electron chi connectivity index (χ4n) is 0.966. The van der Waals surface area contributed by atoms with Crippen LogP contribution in [0.25, 0.3) is 0 Å².